The van der Waals surface area contributed by atoms with Crippen molar-refractivity contribution in [3.63, 3.8) is 0 Å². The molecule has 0 N–H and O–H groups in total. The Hall–Kier alpha value is -1.04. The predicted octanol–water partition coefficient (Wildman–Crippen LogP) is 4.73. The number of carbonyl (C=O) groups is 1. The van der Waals surface area contributed by atoms with Crippen LogP contribution in [0.1, 0.15) is 46.1 Å². The van der Waals surface area contributed by atoms with Crippen molar-refractivity contribution in [2.75, 3.05) is 37.7 Å². The zero-order valence-corrected chi connectivity index (χ0v) is 18.3. The van der Waals surface area contributed by atoms with E-state index in [1.165, 1.54) is 23.5 Å². The van der Waals surface area contributed by atoms with Crippen LogP contribution in [0.25, 0.3) is 0 Å². The summed E-state index contributed by atoms with van der Waals surface area (Å²) in [7, 11) is 0. The Morgan fingerprint density at radius 2 is 1.81 bits per heavy atom. The predicted molar refractivity (Wildman–Crippen MR) is 114 cm³/mol. The number of aryl methyl sites for hydroxylation is 1. The van der Waals surface area contributed by atoms with E-state index in [1.807, 2.05) is 0 Å². The van der Waals surface area contributed by atoms with Gasteiger partial charge in [-0.2, -0.15) is 0 Å². The van der Waals surface area contributed by atoms with E-state index >= 15 is 0 Å². The normalized spacial score (nSPS) is 28.7. The van der Waals surface area contributed by atoms with Gasteiger partial charge in [-0.15, -0.1) is 0 Å². The van der Waals surface area contributed by atoms with Crippen molar-refractivity contribution in [2.24, 2.45) is 16.7 Å². The van der Waals surface area contributed by atoms with E-state index in [9.17, 15) is 4.79 Å². The Bertz CT molecular complexity index is 670. The Kier molecular flexibility index (Phi) is 6.24. The second-order valence-corrected chi connectivity index (χ2v) is 9.73. The number of Topliss-reactive ketones (excluding diaryl/α,β-unsaturated/α-hetero) is 1. The monoisotopic (exact) mass is 390 g/mol. The van der Waals surface area contributed by atoms with E-state index in [0.29, 0.717) is 24.7 Å². The summed E-state index contributed by atoms with van der Waals surface area (Å²) in [5.41, 5.74) is 2.27. The van der Waals surface area contributed by atoms with Crippen molar-refractivity contribution < 1.29 is 8.98 Å². The molecule has 1 aliphatic carbocycles. The van der Waals surface area contributed by atoms with Gasteiger partial charge in [-0.25, -0.2) is 4.31 Å². The van der Waals surface area contributed by atoms with Gasteiger partial charge in [0.2, 0.25) is 0 Å². The highest BCUT2D eigenvalue weighted by Crippen LogP contribution is 2.55. The molecule has 1 saturated heterocycles. The van der Waals surface area contributed by atoms with E-state index in [0.717, 1.165) is 32.6 Å². The molecule has 1 saturated carbocycles. The van der Waals surface area contributed by atoms with Crippen molar-refractivity contribution in [1.82, 2.24) is 4.31 Å². The van der Waals surface area contributed by atoms with Crippen LogP contribution >= 0.6 is 12.2 Å². The molecule has 4 nitrogen and oxygen atoms in total. The molecule has 5 heteroatoms. The van der Waals surface area contributed by atoms with Crippen LogP contribution in [0.2, 0.25) is 0 Å². The van der Waals surface area contributed by atoms with Gasteiger partial charge in [0.1, 0.15) is 5.78 Å². The number of hydrogen-bond donors (Lipinski definition) is 0. The summed E-state index contributed by atoms with van der Waals surface area (Å²) in [4.78, 5) is 15.1. The third-order valence-electron chi connectivity index (χ3n) is 7.18. The molecule has 1 heterocycles. The van der Waals surface area contributed by atoms with Crippen LogP contribution in [-0.2, 0) is 8.98 Å². The standard InChI is InChI=1S/C22H34N2O2S/c1-6-18-15-20(25)22(5,21(18,3)4)16-26-27-24-13-11-23(12-14-24)19-10-8-7-9-17(19)2/h7-10,18H,6,11-16H2,1-5H3. The first kappa shape index (κ1) is 20.7. The molecular formula is C22H34N2O2S. The Morgan fingerprint density at radius 1 is 1.15 bits per heavy atom. The SMILES string of the molecule is CCC1CC(=O)C(C)(COSN2CCN(c3ccccc3C)CC2)C1(C)C. The van der Waals surface area contributed by atoms with Gasteiger partial charge < -0.3 is 9.08 Å². The fourth-order valence-corrected chi connectivity index (χ4v) is 5.33. The number of ketones is 1. The molecule has 0 aromatic heterocycles. The summed E-state index contributed by atoms with van der Waals surface area (Å²) in [5, 5.41) is 0. The minimum atomic E-state index is -0.385. The van der Waals surface area contributed by atoms with Crippen LogP contribution in [-0.4, -0.2) is 42.9 Å². The maximum Gasteiger partial charge on any atom is 0.141 e. The smallest absolute Gasteiger partial charge is 0.141 e. The minimum absolute atomic E-state index is 0.0110. The molecule has 2 unspecified atom stereocenters. The lowest BCUT2D eigenvalue weighted by Crippen LogP contribution is -2.44. The third-order valence-corrected chi connectivity index (χ3v) is 7.98. The molecule has 3 rings (SSSR count). The van der Waals surface area contributed by atoms with Crippen LogP contribution in [0, 0.1) is 23.7 Å². The molecule has 0 bridgehead atoms. The molecule has 1 aromatic rings. The van der Waals surface area contributed by atoms with E-state index < -0.39 is 0 Å². The summed E-state index contributed by atoms with van der Waals surface area (Å²) >= 11 is 1.45. The lowest BCUT2D eigenvalue weighted by atomic mass is 9.65. The number of piperazine rings is 1. The van der Waals surface area contributed by atoms with Gasteiger partial charge in [-0.1, -0.05) is 45.4 Å². The van der Waals surface area contributed by atoms with Gasteiger partial charge in [0, 0.05) is 38.3 Å². The van der Waals surface area contributed by atoms with Gasteiger partial charge in [0.05, 0.1) is 24.3 Å². The van der Waals surface area contributed by atoms with Gasteiger partial charge in [-0.3, -0.25) is 4.79 Å². The van der Waals surface area contributed by atoms with E-state index in [1.54, 1.807) is 0 Å². The lowest BCUT2D eigenvalue weighted by molar-refractivity contribution is -0.130. The van der Waals surface area contributed by atoms with Crippen LogP contribution in [0.15, 0.2) is 24.3 Å². The van der Waals surface area contributed by atoms with Crippen molar-refractivity contribution in [3.8, 4) is 0 Å². The Balaban J connectivity index is 1.50. The Morgan fingerprint density at radius 3 is 2.41 bits per heavy atom. The second kappa shape index (κ2) is 8.14. The van der Waals surface area contributed by atoms with E-state index in [-0.39, 0.29) is 10.8 Å². The van der Waals surface area contributed by atoms with Crippen LogP contribution in [0.5, 0.6) is 0 Å². The Labute approximate surface area is 169 Å². The van der Waals surface area contributed by atoms with Crippen molar-refractivity contribution in [3.05, 3.63) is 29.8 Å². The number of nitrogens with zero attached hydrogens (tertiary/aromatic N) is 2. The maximum absolute atomic E-state index is 12.7. The summed E-state index contributed by atoms with van der Waals surface area (Å²) in [6.07, 6.45) is 1.76. The van der Waals surface area contributed by atoms with Gasteiger partial charge in [-0.05, 0) is 36.8 Å². The fraction of sp³-hybridized carbons (Fsp3) is 0.682. The highest BCUT2D eigenvalue weighted by molar-refractivity contribution is 7.92. The van der Waals surface area contributed by atoms with Crippen LogP contribution in [0.3, 0.4) is 0 Å². The average Bonchev–Trinajstić information content (AvgIpc) is 2.82. The number of rotatable bonds is 6. The molecule has 1 aliphatic heterocycles. The van der Waals surface area contributed by atoms with Crippen molar-refractivity contribution >= 4 is 23.7 Å². The molecule has 2 aliphatic rings. The summed E-state index contributed by atoms with van der Waals surface area (Å²) in [6, 6.07) is 8.57. The van der Waals surface area contributed by atoms with Crippen molar-refractivity contribution in [1.29, 1.82) is 0 Å². The summed E-state index contributed by atoms with van der Waals surface area (Å²) in [5.74, 6) is 0.825. The topological polar surface area (TPSA) is 32.8 Å². The number of anilines is 1. The number of carbonyl (C=O) groups excluding carboxylic acids is 1. The zero-order chi connectivity index (χ0) is 19.7. The van der Waals surface area contributed by atoms with Crippen LogP contribution < -0.4 is 4.90 Å². The molecule has 0 amide bonds. The second-order valence-electron chi connectivity index (χ2n) is 8.83. The van der Waals surface area contributed by atoms with Crippen molar-refractivity contribution in [2.45, 2.75) is 47.5 Å². The minimum Gasteiger partial charge on any atom is -0.369 e. The summed E-state index contributed by atoms with van der Waals surface area (Å²) in [6.45, 7) is 15.4. The van der Waals surface area contributed by atoms with Gasteiger partial charge >= 0.3 is 0 Å². The maximum atomic E-state index is 12.7. The highest BCUT2D eigenvalue weighted by Gasteiger charge is 2.56. The first-order valence-corrected chi connectivity index (χ1v) is 10.9. The largest absolute Gasteiger partial charge is 0.369 e. The van der Waals surface area contributed by atoms with Gasteiger partial charge in [0.25, 0.3) is 0 Å². The molecule has 2 atom stereocenters. The van der Waals surface area contributed by atoms with Gasteiger partial charge in [0.15, 0.2) is 0 Å². The molecule has 1 aromatic carbocycles. The van der Waals surface area contributed by atoms with Crippen LogP contribution in [0.4, 0.5) is 5.69 Å². The number of hydrogen-bond acceptors (Lipinski definition) is 5. The van der Waals surface area contributed by atoms with E-state index in [4.69, 9.17) is 4.18 Å². The molecule has 150 valence electrons. The first-order chi connectivity index (χ1) is 12.8. The molecule has 0 radical (unpaired) electrons. The summed E-state index contributed by atoms with van der Waals surface area (Å²) < 4.78 is 8.31. The average molecular weight is 391 g/mol. The molecule has 0 spiro atoms. The third kappa shape index (κ3) is 3.92. The van der Waals surface area contributed by atoms with E-state index in [2.05, 4.69) is 68.1 Å². The zero-order valence-electron chi connectivity index (χ0n) is 17.5. The quantitative estimate of drug-likeness (QED) is 0.518. The lowest BCUT2D eigenvalue weighted by Gasteiger charge is -2.40. The first-order valence-electron chi connectivity index (χ1n) is 10.2. The fourth-order valence-electron chi connectivity index (χ4n) is 4.58. The molecule has 27 heavy (non-hydrogen) atoms. The molecular weight excluding hydrogens is 356 g/mol. The highest BCUT2D eigenvalue weighted by atomic mass is 32.2. The molecule has 2 fully saturated rings. The number of benzene rings is 1. The number of para-hydroxylation sites is 1.